The molecule has 1 aliphatic heterocycles. The molecule has 0 aromatic heterocycles. The summed E-state index contributed by atoms with van der Waals surface area (Å²) in [7, 11) is 0. The Kier molecular flexibility index (Phi) is 3.40. The van der Waals surface area contributed by atoms with Gasteiger partial charge in [0, 0.05) is 25.2 Å². The van der Waals surface area contributed by atoms with E-state index in [0.717, 1.165) is 12.5 Å². The van der Waals surface area contributed by atoms with Crippen LogP contribution in [0.3, 0.4) is 0 Å². The van der Waals surface area contributed by atoms with E-state index >= 15 is 0 Å². The van der Waals surface area contributed by atoms with Crippen molar-refractivity contribution in [2.45, 2.75) is 51.2 Å². The molecule has 1 aromatic carbocycles. The number of fused-ring (bicyclic) bond motifs is 1. The molecular weight excluding hydrogens is 220 g/mol. The molecule has 0 amide bonds. The molecule has 98 valence electrons. The highest BCUT2D eigenvalue weighted by atomic mass is 15.2. The molecule has 2 nitrogen and oxygen atoms in total. The fraction of sp³-hybridized carbons (Fsp3) is 0.625. The summed E-state index contributed by atoms with van der Waals surface area (Å²) in [6.07, 6.45) is 4.98. The van der Waals surface area contributed by atoms with Gasteiger partial charge in [0.15, 0.2) is 0 Å². The highest BCUT2D eigenvalue weighted by Crippen LogP contribution is 2.30. The van der Waals surface area contributed by atoms with E-state index in [0.29, 0.717) is 12.1 Å². The molecule has 3 atom stereocenters. The fourth-order valence-electron chi connectivity index (χ4n) is 3.59. The smallest absolute Gasteiger partial charge is 0.0253 e. The zero-order valence-corrected chi connectivity index (χ0v) is 11.3. The number of rotatable bonds is 1. The highest BCUT2D eigenvalue weighted by Gasteiger charge is 2.32. The number of nitrogens with zero attached hydrogens (tertiary/aromatic N) is 1. The second kappa shape index (κ2) is 5.02. The lowest BCUT2D eigenvalue weighted by Crippen LogP contribution is -2.52. The standard InChI is InChI=1S/C16H24N2/c1-12-6-7-15(17)16(10-12)18-9-8-13-4-2-3-5-14(13)11-18/h2-5,12,15-16H,6-11,17H2,1H3/t12-,15+,16-/m1/s1. The van der Waals surface area contributed by atoms with E-state index in [4.69, 9.17) is 5.73 Å². The van der Waals surface area contributed by atoms with Gasteiger partial charge >= 0.3 is 0 Å². The molecule has 0 bridgehead atoms. The molecule has 2 N–H and O–H groups in total. The summed E-state index contributed by atoms with van der Waals surface area (Å²) in [5.41, 5.74) is 9.39. The van der Waals surface area contributed by atoms with Crippen LogP contribution >= 0.6 is 0 Å². The van der Waals surface area contributed by atoms with Crippen molar-refractivity contribution in [3.05, 3.63) is 35.4 Å². The molecule has 1 fully saturated rings. The summed E-state index contributed by atoms with van der Waals surface area (Å²) in [5.74, 6) is 0.840. The number of benzene rings is 1. The van der Waals surface area contributed by atoms with E-state index in [9.17, 15) is 0 Å². The molecule has 2 aliphatic rings. The summed E-state index contributed by atoms with van der Waals surface area (Å²) in [5, 5.41) is 0. The maximum absolute atomic E-state index is 6.35. The molecule has 1 aliphatic carbocycles. The Balaban J connectivity index is 1.75. The van der Waals surface area contributed by atoms with Gasteiger partial charge in [-0.25, -0.2) is 0 Å². The quantitative estimate of drug-likeness (QED) is 0.822. The van der Waals surface area contributed by atoms with Crippen LogP contribution in [0.4, 0.5) is 0 Å². The molecule has 0 spiro atoms. The zero-order valence-electron chi connectivity index (χ0n) is 11.3. The third-order valence-electron chi connectivity index (χ3n) is 4.76. The summed E-state index contributed by atoms with van der Waals surface area (Å²) in [6.45, 7) is 4.65. The maximum atomic E-state index is 6.35. The lowest BCUT2D eigenvalue weighted by molar-refractivity contribution is 0.104. The second-order valence-electron chi connectivity index (χ2n) is 6.14. The number of hydrogen-bond acceptors (Lipinski definition) is 2. The van der Waals surface area contributed by atoms with Crippen molar-refractivity contribution in [3.8, 4) is 0 Å². The minimum absolute atomic E-state index is 0.381. The zero-order chi connectivity index (χ0) is 12.5. The average molecular weight is 244 g/mol. The SMILES string of the molecule is C[C@@H]1CC[C@H](N)[C@H](N2CCc3ccccc3C2)C1. The number of nitrogens with two attached hydrogens (primary N) is 1. The summed E-state index contributed by atoms with van der Waals surface area (Å²) < 4.78 is 0. The van der Waals surface area contributed by atoms with Gasteiger partial charge in [0.05, 0.1) is 0 Å². The van der Waals surface area contributed by atoms with Crippen LogP contribution < -0.4 is 5.73 Å². The molecule has 3 rings (SSSR count). The molecule has 18 heavy (non-hydrogen) atoms. The first-order valence-electron chi connectivity index (χ1n) is 7.30. The Hall–Kier alpha value is -0.860. The Morgan fingerprint density at radius 3 is 2.78 bits per heavy atom. The first-order chi connectivity index (χ1) is 8.74. The Morgan fingerprint density at radius 1 is 1.17 bits per heavy atom. The highest BCUT2D eigenvalue weighted by molar-refractivity contribution is 5.29. The third kappa shape index (κ3) is 2.32. The predicted molar refractivity (Wildman–Crippen MR) is 75.3 cm³/mol. The molecule has 0 unspecified atom stereocenters. The van der Waals surface area contributed by atoms with Crippen LogP contribution in [0.2, 0.25) is 0 Å². The summed E-state index contributed by atoms with van der Waals surface area (Å²) in [6, 6.07) is 9.85. The third-order valence-corrected chi connectivity index (χ3v) is 4.76. The first-order valence-corrected chi connectivity index (χ1v) is 7.30. The summed E-state index contributed by atoms with van der Waals surface area (Å²) >= 11 is 0. The van der Waals surface area contributed by atoms with Gasteiger partial charge in [-0.3, -0.25) is 4.90 Å². The van der Waals surface area contributed by atoms with Gasteiger partial charge in [0.25, 0.3) is 0 Å². The van der Waals surface area contributed by atoms with Gasteiger partial charge in [-0.1, -0.05) is 31.2 Å². The van der Waals surface area contributed by atoms with Crippen LogP contribution in [0.5, 0.6) is 0 Å². The second-order valence-corrected chi connectivity index (χ2v) is 6.14. The van der Waals surface area contributed by atoms with Crippen LogP contribution in [-0.2, 0) is 13.0 Å². The van der Waals surface area contributed by atoms with Crippen LogP contribution in [0, 0.1) is 5.92 Å². The van der Waals surface area contributed by atoms with Crippen LogP contribution in [0.25, 0.3) is 0 Å². The van der Waals surface area contributed by atoms with E-state index in [-0.39, 0.29) is 0 Å². The molecule has 0 saturated heterocycles. The average Bonchev–Trinajstić information content (AvgIpc) is 2.41. The molecule has 1 saturated carbocycles. The van der Waals surface area contributed by atoms with E-state index < -0.39 is 0 Å². The summed E-state index contributed by atoms with van der Waals surface area (Å²) in [4.78, 5) is 2.63. The maximum Gasteiger partial charge on any atom is 0.0253 e. The van der Waals surface area contributed by atoms with Gasteiger partial charge in [0.1, 0.15) is 0 Å². The molecule has 2 heteroatoms. The van der Waals surface area contributed by atoms with Crippen molar-refractivity contribution >= 4 is 0 Å². The van der Waals surface area contributed by atoms with Gasteiger partial charge < -0.3 is 5.73 Å². The van der Waals surface area contributed by atoms with Crippen molar-refractivity contribution < 1.29 is 0 Å². The van der Waals surface area contributed by atoms with Gasteiger partial charge in [0.2, 0.25) is 0 Å². The lowest BCUT2D eigenvalue weighted by Gasteiger charge is -2.42. The van der Waals surface area contributed by atoms with Gasteiger partial charge in [-0.15, -0.1) is 0 Å². The largest absolute Gasteiger partial charge is 0.326 e. The number of hydrogen-bond donors (Lipinski definition) is 1. The minimum Gasteiger partial charge on any atom is -0.326 e. The fourth-order valence-corrected chi connectivity index (χ4v) is 3.59. The minimum atomic E-state index is 0.381. The van der Waals surface area contributed by atoms with E-state index in [2.05, 4.69) is 36.1 Å². The molecule has 1 heterocycles. The van der Waals surface area contributed by atoms with E-state index in [1.54, 1.807) is 0 Å². The van der Waals surface area contributed by atoms with Crippen molar-refractivity contribution in [2.24, 2.45) is 11.7 Å². The van der Waals surface area contributed by atoms with Gasteiger partial charge in [-0.2, -0.15) is 0 Å². The van der Waals surface area contributed by atoms with Crippen molar-refractivity contribution in [3.63, 3.8) is 0 Å². The predicted octanol–water partition coefficient (Wildman–Crippen LogP) is 2.56. The molecule has 0 radical (unpaired) electrons. The van der Waals surface area contributed by atoms with Crippen LogP contribution in [-0.4, -0.2) is 23.5 Å². The Labute approximate surface area is 110 Å². The Morgan fingerprint density at radius 2 is 1.94 bits per heavy atom. The van der Waals surface area contributed by atoms with E-state index in [1.165, 1.54) is 43.4 Å². The van der Waals surface area contributed by atoms with Crippen molar-refractivity contribution in [1.82, 2.24) is 4.90 Å². The van der Waals surface area contributed by atoms with Crippen molar-refractivity contribution in [1.29, 1.82) is 0 Å². The van der Waals surface area contributed by atoms with Crippen molar-refractivity contribution in [2.75, 3.05) is 6.54 Å². The lowest BCUT2D eigenvalue weighted by atomic mass is 9.82. The van der Waals surface area contributed by atoms with Crippen LogP contribution in [0.1, 0.15) is 37.3 Å². The van der Waals surface area contributed by atoms with E-state index in [1.807, 2.05) is 0 Å². The van der Waals surface area contributed by atoms with Gasteiger partial charge in [-0.05, 0) is 42.7 Å². The molecule has 1 aromatic rings. The topological polar surface area (TPSA) is 29.3 Å². The van der Waals surface area contributed by atoms with Crippen LogP contribution in [0.15, 0.2) is 24.3 Å². The Bertz CT molecular complexity index is 415. The normalized spacial score (nSPS) is 33.1. The monoisotopic (exact) mass is 244 g/mol. The molecular formula is C16H24N2. The first kappa shape index (κ1) is 12.2.